The van der Waals surface area contributed by atoms with Crippen LogP contribution < -0.4 is 16.0 Å². The Morgan fingerprint density at radius 2 is 2.32 bits per heavy atom. The molecule has 1 amide bonds. The SMILES string of the molecule is CC(=O)c1cccc(N2CC(=O)NC(CCN)C2)c1. The van der Waals surface area contributed by atoms with E-state index in [2.05, 4.69) is 5.32 Å². The second kappa shape index (κ2) is 5.84. The molecule has 0 radical (unpaired) electrons. The normalized spacial score (nSPS) is 19.2. The molecule has 1 fully saturated rings. The Morgan fingerprint density at radius 3 is 3.00 bits per heavy atom. The van der Waals surface area contributed by atoms with E-state index in [1.807, 2.05) is 23.1 Å². The van der Waals surface area contributed by atoms with E-state index in [1.54, 1.807) is 13.0 Å². The molecular weight excluding hydrogens is 242 g/mol. The average Bonchev–Trinajstić information content (AvgIpc) is 2.38. The Balaban J connectivity index is 2.18. The smallest absolute Gasteiger partial charge is 0.239 e. The predicted molar refractivity (Wildman–Crippen MR) is 74.3 cm³/mol. The molecule has 1 saturated heterocycles. The topological polar surface area (TPSA) is 75.4 Å². The molecule has 102 valence electrons. The van der Waals surface area contributed by atoms with Crippen molar-refractivity contribution in [3.05, 3.63) is 29.8 Å². The Kier molecular flexibility index (Phi) is 4.16. The van der Waals surface area contributed by atoms with Crippen LogP contribution in [0, 0.1) is 0 Å². The summed E-state index contributed by atoms with van der Waals surface area (Å²) in [6.07, 6.45) is 0.759. The van der Waals surface area contributed by atoms with Gasteiger partial charge >= 0.3 is 0 Å². The lowest BCUT2D eigenvalue weighted by molar-refractivity contribution is -0.121. The van der Waals surface area contributed by atoms with Crippen LogP contribution in [0.1, 0.15) is 23.7 Å². The van der Waals surface area contributed by atoms with Crippen molar-refractivity contribution in [2.45, 2.75) is 19.4 Å². The summed E-state index contributed by atoms with van der Waals surface area (Å²) < 4.78 is 0. The molecule has 0 aliphatic carbocycles. The van der Waals surface area contributed by atoms with Crippen LogP contribution in [-0.2, 0) is 4.79 Å². The standard InChI is InChI=1S/C14H19N3O2/c1-10(18)11-3-2-4-13(7-11)17-8-12(5-6-15)16-14(19)9-17/h2-4,7,12H,5-6,8-9,15H2,1H3,(H,16,19). The van der Waals surface area contributed by atoms with Crippen molar-refractivity contribution in [1.29, 1.82) is 0 Å². The molecule has 0 aromatic heterocycles. The molecule has 0 spiro atoms. The number of ketones is 1. The van der Waals surface area contributed by atoms with E-state index in [9.17, 15) is 9.59 Å². The molecule has 1 aliphatic rings. The van der Waals surface area contributed by atoms with Crippen molar-refractivity contribution in [2.75, 3.05) is 24.5 Å². The van der Waals surface area contributed by atoms with Crippen LogP contribution in [0.25, 0.3) is 0 Å². The van der Waals surface area contributed by atoms with Gasteiger partial charge in [-0.2, -0.15) is 0 Å². The van der Waals surface area contributed by atoms with Crippen LogP contribution in [0.2, 0.25) is 0 Å². The second-order valence-electron chi connectivity index (χ2n) is 4.83. The Labute approximate surface area is 112 Å². The Morgan fingerprint density at radius 1 is 1.53 bits per heavy atom. The molecule has 0 bridgehead atoms. The lowest BCUT2D eigenvalue weighted by atomic mass is 10.1. The number of benzene rings is 1. The van der Waals surface area contributed by atoms with Gasteiger partial charge in [-0.25, -0.2) is 0 Å². The molecule has 0 saturated carbocycles. The molecule has 1 atom stereocenters. The van der Waals surface area contributed by atoms with Crippen LogP contribution in [0.4, 0.5) is 5.69 Å². The average molecular weight is 261 g/mol. The number of carbonyl (C=O) groups excluding carboxylic acids is 2. The van der Waals surface area contributed by atoms with Crippen LogP contribution in [-0.4, -0.2) is 37.4 Å². The number of piperazine rings is 1. The first-order valence-corrected chi connectivity index (χ1v) is 6.45. The fourth-order valence-electron chi connectivity index (χ4n) is 2.31. The molecule has 1 unspecified atom stereocenters. The van der Waals surface area contributed by atoms with Gasteiger partial charge < -0.3 is 16.0 Å². The Bertz CT molecular complexity index is 487. The first kappa shape index (κ1) is 13.5. The van der Waals surface area contributed by atoms with Gasteiger partial charge in [0, 0.05) is 23.8 Å². The summed E-state index contributed by atoms with van der Waals surface area (Å²) in [5.74, 6) is 0.0275. The quantitative estimate of drug-likeness (QED) is 0.776. The van der Waals surface area contributed by atoms with Crippen LogP contribution in [0.15, 0.2) is 24.3 Å². The van der Waals surface area contributed by atoms with E-state index in [4.69, 9.17) is 5.73 Å². The molecule has 5 heteroatoms. The molecule has 3 N–H and O–H groups in total. The summed E-state index contributed by atoms with van der Waals surface area (Å²) in [6, 6.07) is 7.46. The lowest BCUT2D eigenvalue weighted by Gasteiger charge is -2.34. The first-order valence-electron chi connectivity index (χ1n) is 6.45. The summed E-state index contributed by atoms with van der Waals surface area (Å²) >= 11 is 0. The second-order valence-corrected chi connectivity index (χ2v) is 4.83. The van der Waals surface area contributed by atoms with Gasteiger partial charge in [-0.15, -0.1) is 0 Å². The predicted octanol–water partition coefficient (Wildman–Crippen LogP) is 0.543. The molecule has 5 nitrogen and oxygen atoms in total. The zero-order valence-corrected chi connectivity index (χ0v) is 11.1. The highest BCUT2D eigenvalue weighted by atomic mass is 16.2. The molecule has 2 rings (SSSR count). The number of amides is 1. The minimum atomic E-state index is -0.00192. The van der Waals surface area contributed by atoms with Crippen molar-refractivity contribution >= 4 is 17.4 Å². The third kappa shape index (κ3) is 3.32. The zero-order valence-electron chi connectivity index (χ0n) is 11.1. The molecule has 1 aromatic rings. The zero-order chi connectivity index (χ0) is 13.8. The highest BCUT2D eigenvalue weighted by Crippen LogP contribution is 2.19. The molecule has 1 aromatic carbocycles. The summed E-state index contributed by atoms with van der Waals surface area (Å²) in [4.78, 5) is 25.1. The summed E-state index contributed by atoms with van der Waals surface area (Å²) in [5, 5.41) is 2.93. The lowest BCUT2D eigenvalue weighted by Crippen LogP contribution is -2.54. The number of nitrogens with two attached hydrogens (primary N) is 1. The summed E-state index contributed by atoms with van der Waals surface area (Å²) in [5.41, 5.74) is 7.11. The van der Waals surface area contributed by atoms with Gasteiger partial charge in [0.05, 0.1) is 6.54 Å². The number of rotatable bonds is 4. The van der Waals surface area contributed by atoms with Gasteiger partial charge in [-0.05, 0) is 32.0 Å². The van der Waals surface area contributed by atoms with Gasteiger partial charge in [0.25, 0.3) is 0 Å². The minimum Gasteiger partial charge on any atom is -0.360 e. The van der Waals surface area contributed by atoms with E-state index in [-0.39, 0.29) is 17.7 Å². The van der Waals surface area contributed by atoms with Gasteiger partial charge in [0.15, 0.2) is 5.78 Å². The highest BCUT2D eigenvalue weighted by Gasteiger charge is 2.24. The third-order valence-electron chi connectivity index (χ3n) is 3.27. The van der Waals surface area contributed by atoms with Crippen molar-refractivity contribution < 1.29 is 9.59 Å². The van der Waals surface area contributed by atoms with Crippen LogP contribution in [0.5, 0.6) is 0 Å². The van der Waals surface area contributed by atoms with Gasteiger partial charge in [-0.1, -0.05) is 12.1 Å². The van der Waals surface area contributed by atoms with E-state index in [0.717, 1.165) is 18.7 Å². The van der Waals surface area contributed by atoms with Crippen molar-refractivity contribution in [3.8, 4) is 0 Å². The molecular formula is C14H19N3O2. The largest absolute Gasteiger partial charge is 0.360 e. The summed E-state index contributed by atoms with van der Waals surface area (Å²) in [7, 11) is 0. The van der Waals surface area contributed by atoms with Crippen LogP contribution >= 0.6 is 0 Å². The van der Waals surface area contributed by atoms with Gasteiger partial charge in [0.2, 0.25) is 5.91 Å². The van der Waals surface area contributed by atoms with Gasteiger partial charge in [-0.3, -0.25) is 9.59 Å². The fourth-order valence-corrected chi connectivity index (χ4v) is 2.31. The van der Waals surface area contributed by atoms with Crippen molar-refractivity contribution in [1.82, 2.24) is 5.32 Å². The van der Waals surface area contributed by atoms with E-state index >= 15 is 0 Å². The molecule has 1 aliphatic heterocycles. The maximum absolute atomic E-state index is 11.7. The minimum absolute atomic E-state index is 0.00192. The van der Waals surface area contributed by atoms with Crippen molar-refractivity contribution in [2.24, 2.45) is 5.73 Å². The number of hydrogen-bond acceptors (Lipinski definition) is 4. The fraction of sp³-hybridized carbons (Fsp3) is 0.429. The number of Topliss-reactive ketones (excluding diaryl/α,β-unsaturated/α-hetero) is 1. The first-order chi connectivity index (χ1) is 9.10. The monoisotopic (exact) mass is 261 g/mol. The van der Waals surface area contributed by atoms with E-state index in [0.29, 0.717) is 18.7 Å². The number of hydrogen-bond donors (Lipinski definition) is 2. The number of carbonyl (C=O) groups is 2. The third-order valence-corrected chi connectivity index (χ3v) is 3.27. The maximum atomic E-state index is 11.7. The number of nitrogens with zero attached hydrogens (tertiary/aromatic N) is 1. The van der Waals surface area contributed by atoms with Crippen LogP contribution in [0.3, 0.4) is 0 Å². The molecule has 1 heterocycles. The van der Waals surface area contributed by atoms with Crippen molar-refractivity contribution in [3.63, 3.8) is 0 Å². The van der Waals surface area contributed by atoms with Gasteiger partial charge in [0.1, 0.15) is 0 Å². The number of nitrogens with one attached hydrogen (secondary N) is 1. The highest BCUT2D eigenvalue weighted by molar-refractivity contribution is 5.95. The van der Waals surface area contributed by atoms with E-state index in [1.165, 1.54) is 0 Å². The maximum Gasteiger partial charge on any atom is 0.239 e. The summed E-state index contributed by atoms with van der Waals surface area (Å²) in [6.45, 7) is 3.14. The Hall–Kier alpha value is -1.88. The van der Waals surface area contributed by atoms with E-state index < -0.39 is 0 Å². The number of anilines is 1. The molecule has 19 heavy (non-hydrogen) atoms.